The highest BCUT2D eigenvalue weighted by Crippen LogP contribution is 2.18. The first-order chi connectivity index (χ1) is 10.3. The van der Waals surface area contributed by atoms with Crippen LogP contribution in [0.3, 0.4) is 0 Å². The maximum atomic E-state index is 12.6. The first-order valence-corrected chi connectivity index (χ1v) is 6.35. The lowest BCUT2D eigenvalue weighted by atomic mass is 10.2. The van der Waals surface area contributed by atoms with Gasteiger partial charge in [-0.15, -0.1) is 25.3 Å². The molecule has 0 radical (unpaired) electrons. The van der Waals surface area contributed by atoms with Gasteiger partial charge in [-0.1, -0.05) is 0 Å². The van der Waals surface area contributed by atoms with Gasteiger partial charge in [-0.2, -0.15) is 10.5 Å². The van der Waals surface area contributed by atoms with Crippen LogP contribution < -0.4 is 0 Å². The summed E-state index contributed by atoms with van der Waals surface area (Å²) in [4.78, 5) is -0.715. The summed E-state index contributed by atoms with van der Waals surface area (Å²) < 4.78 is 50.2. The monoisotopic (exact) mass is 342 g/mol. The van der Waals surface area contributed by atoms with Gasteiger partial charge in [-0.05, 0) is 24.3 Å². The van der Waals surface area contributed by atoms with E-state index in [0.717, 1.165) is 24.3 Å². The van der Waals surface area contributed by atoms with Crippen molar-refractivity contribution in [1.82, 2.24) is 0 Å². The number of hydrogen-bond donors (Lipinski definition) is 2. The van der Waals surface area contributed by atoms with E-state index in [1.54, 1.807) is 12.1 Å². The predicted octanol–water partition coefficient (Wildman–Crippen LogP) is 4.25. The molecule has 0 saturated heterocycles. The topological polar surface area (TPSA) is 47.6 Å². The van der Waals surface area contributed by atoms with Gasteiger partial charge in [0.1, 0.15) is 23.3 Å². The molecule has 0 fully saturated rings. The molecular formula is C14H6F4N2S2. The molecule has 2 aromatic carbocycles. The predicted molar refractivity (Wildman–Crippen MR) is 76.7 cm³/mol. The quantitative estimate of drug-likeness (QED) is 0.555. The van der Waals surface area contributed by atoms with Crippen LogP contribution in [0.4, 0.5) is 17.6 Å². The van der Waals surface area contributed by atoms with Gasteiger partial charge in [0, 0.05) is 0 Å². The van der Waals surface area contributed by atoms with Crippen molar-refractivity contribution in [2.75, 3.05) is 0 Å². The van der Waals surface area contributed by atoms with Crippen molar-refractivity contribution in [3.8, 4) is 12.1 Å². The van der Waals surface area contributed by atoms with E-state index in [9.17, 15) is 17.6 Å². The van der Waals surface area contributed by atoms with Crippen molar-refractivity contribution in [2.45, 2.75) is 9.79 Å². The third kappa shape index (κ3) is 4.42. The lowest BCUT2D eigenvalue weighted by molar-refractivity contribution is 0.540. The number of nitriles is 2. The van der Waals surface area contributed by atoms with Gasteiger partial charge in [-0.25, -0.2) is 17.6 Å². The second kappa shape index (κ2) is 7.74. The zero-order valence-corrected chi connectivity index (χ0v) is 12.4. The summed E-state index contributed by atoms with van der Waals surface area (Å²) in [6, 6.07) is 6.99. The van der Waals surface area contributed by atoms with E-state index < -0.39 is 23.3 Å². The molecule has 112 valence electrons. The fourth-order valence-corrected chi connectivity index (χ4v) is 1.52. The van der Waals surface area contributed by atoms with Crippen molar-refractivity contribution in [1.29, 1.82) is 10.5 Å². The highest BCUT2D eigenvalue weighted by atomic mass is 32.1. The number of hydrogen-bond acceptors (Lipinski definition) is 4. The second-order valence-corrected chi connectivity index (χ2v) is 4.70. The molecule has 2 aromatic rings. The molecule has 0 aliphatic heterocycles. The first kappa shape index (κ1) is 17.9. The standard InChI is InChI=1S/2C7H3F2NS/c2*8-5-1-4(3-10)2-6(9)7(5)11/h2*1-2,11H. The molecule has 0 aromatic heterocycles. The van der Waals surface area contributed by atoms with E-state index >= 15 is 0 Å². The lowest BCUT2D eigenvalue weighted by Gasteiger charge is -1.96. The Morgan fingerprint density at radius 1 is 0.636 bits per heavy atom. The van der Waals surface area contributed by atoms with Crippen LogP contribution in [0.25, 0.3) is 0 Å². The van der Waals surface area contributed by atoms with Crippen molar-refractivity contribution >= 4 is 25.3 Å². The number of thiol groups is 2. The van der Waals surface area contributed by atoms with Crippen LogP contribution in [0.1, 0.15) is 11.1 Å². The van der Waals surface area contributed by atoms with E-state index in [1.807, 2.05) is 0 Å². The van der Waals surface area contributed by atoms with Crippen molar-refractivity contribution in [3.63, 3.8) is 0 Å². The number of nitrogens with zero attached hydrogens (tertiary/aromatic N) is 2. The summed E-state index contributed by atoms with van der Waals surface area (Å²) in [5, 5.41) is 16.5. The average molecular weight is 342 g/mol. The molecular weight excluding hydrogens is 336 g/mol. The Morgan fingerprint density at radius 2 is 0.864 bits per heavy atom. The number of benzene rings is 2. The molecule has 0 aliphatic rings. The van der Waals surface area contributed by atoms with Gasteiger partial charge in [0.2, 0.25) is 0 Å². The molecule has 0 heterocycles. The van der Waals surface area contributed by atoms with E-state index in [1.165, 1.54) is 0 Å². The summed E-state index contributed by atoms with van der Waals surface area (Å²) in [5.41, 5.74) is -0.0874. The molecule has 0 atom stereocenters. The smallest absolute Gasteiger partial charge is 0.140 e. The summed E-state index contributed by atoms with van der Waals surface area (Å²) >= 11 is 7.08. The van der Waals surface area contributed by atoms with Gasteiger partial charge in [0.15, 0.2) is 0 Å². The third-order valence-electron chi connectivity index (χ3n) is 2.29. The van der Waals surface area contributed by atoms with Crippen LogP contribution in [0.5, 0.6) is 0 Å². The largest absolute Gasteiger partial charge is 0.206 e. The third-order valence-corrected chi connectivity index (χ3v) is 3.15. The maximum Gasteiger partial charge on any atom is 0.140 e. The fourth-order valence-electron chi connectivity index (χ4n) is 1.26. The minimum atomic E-state index is -0.815. The first-order valence-electron chi connectivity index (χ1n) is 5.46. The Balaban J connectivity index is 0.000000220. The van der Waals surface area contributed by atoms with Crippen molar-refractivity contribution in [3.05, 3.63) is 58.7 Å². The van der Waals surface area contributed by atoms with Gasteiger partial charge in [-0.3, -0.25) is 0 Å². The highest BCUT2D eigenvalue weighted by molar-refractivity contribution is 7.80. The molecule has 2 nitrogen and oxygen atoms in total. The summed E-state index contributed by atoms with van der Waals surface area (Å²) in [6.07, 6.45) is 0. The van der Waals surface area contributed by atoms with Crippen LogP contribution in [0, 0.1) is 45.9 Å². The van der Waals surface area contributed by atoms with E-state index in [0.29, 0.717) is 0 Å². The molecule has 22 heavy (non-hydrogen) atoms. The lowest BCUT2D eigenvalue weighted by Crippen LogP contribution is -1.86. The van der Waals surface area contributed by atoms with Crippen LogP contribution in [0.15, 0.2) is 34.1 Å². The van der Waals surface area contributed by atoms with Crippen LogP contribution in [-0.2, 0) is 0 Å². The molecule has 0 amide bonds. The summed E-state index contributed by atoms with van der Waals surface area (Å²) in [7, 11) is 0. The molecule has 0 saturated carbocycles. The highest BCUT2D eigenvalue weighted by Gasteiger charge is 2.07. The van der Waals surface area contributed by atoms with Gasteiger partial charge in [0.05, 0.1) is 33.1 Å². The Kier molecular flexibility index (Phi) is 6.29. The van der Waals surface area contributed by atoms with Crippen molar-refractivity contribution in [2.24, 2.45) is 0 Å². The van der Waals surface area contributed by atoms with Gasteiger partial charge >= 0.3 is 0 Å². The molecule has 0 spiro atoms. The van der Waals surface area contributed by atoms with Crippen LogP contribution in [0.2, 0.25) is 0 Å². The molecule has 0 unspecified atom stereocenters. The van der Waals surface area contributed by atoms with Gasteiger partial charge in [0.25, 0.3) is 0 Å². The van der Waals surface area contributed by atoms with Crippen LogP contribution >= 0.6 is 25.3 Å². The van der Waals surface area contributed by atoms with Gasteiger partial charge < -0.3 is 0 Å². The summed E-state index contributed by atoms with van der Waals surface area (Å²) in [6.45, 7) is 0. The maximum absolute atomic E-state index is 12.6. The zero-order chi connectivity index (χ0) is 16.9. The molecule has 0 bridgehead atoms. The number of halogens is 4. The van der Waals surface area contributed by atoms with Crippen molar-refractivity contribution < 1.29 is 17.6 Å². The van der Waals surface area contributed by atoms with Crippen LogP contribution in [-0.4, -0.2) is 0 Å². The Bertz CT molecular complexity index is 681. The minimum Gasteiger partial charge on any atom is -0.206 e. The van der Waals surface area contributed by atoms with E-state index in [-0.39, 0.29) is 20.9 Å². The zero-order valence-electron chi connectivity index (χ0n) is 10.6. The Hall–Kier alpha value is -2.16. The van der Waals surface area contributed by atoms with E-state index in [2.05, 4.69) is 25.3 Å². The Labute approximate surface area is 134 Å². The Morgan fingerprint density at radius 3 is 1.05 bits per heavy atom. The summed E-state index contributed by atoms with van der Waals surface area (Å²) in [5.74, 6) is -3.26. The normalized spacial score (nSPS) is 9.27. The number of rotatable bonds is 0. The molecule has 0 aliphatic carbocycles. The molecule has 2 rings (SSSR count). The average Bonchev–Trinajstić information content (AvgIpc) is 2.49. The molecule has 8 heteroatoms. The van der Waals surface area contributed by atoms with E-state index in [4.69, 9.17) is 10.5 Å². The SMILES string of the molecule is N#Cc1cc(F)c(S)c(F)c1.N#Cc1cc(F)c(S)c(F)c1. The minimum absolute atomic E-state index is 0.0437. The molecule has 0 N–H and O–H groups in total. The second-order valence-electron chi connectivity index (χ2n) is 3.80. The fraction of sp³-hybridized carbons (Fsp3) is 0.